The summed E-state index contributed by atoms with van der Waals surface area (Å²) in [5, 5.41) is 10.6. The third-order valence-corrected chi connectivity index (χ3v) is 6.01. The van der Waals surface area contributed by atoms with Gasteiger partial charge in [-0.3, -0.25) is 9.88 Å². The van der Waals surface area contributed by atoms with Gasteiger partial charge >= 0.3 is 0 Å². The van der Waals surface area contributed by atoms with Crippen LogP contribution in [0.4, 0.5) is 9.52 Å². The number of anilines is 1. The van der Waals surface area contributed by atoms with Gasteiger partial charge in [-0.25, -0.2) is 4.39 Å². The van der Waals surface area contributed by atoms with Gasteiger partial charge in [-0.1, -0.05) is 29.5 Å². The van der Waals surface area contributed by atoms with Gasteiger partial charge in [-0.15, -0.1) is 10.2 Å². The number of rotatable bonds is 5. The molecule has 0 saturated carbocycles. The van der Waals surface area contributed by atoms with Gasteiger partial charge in [0.05, 0.1) is 0 Å². The van der Waals surface area contributed by atoms with Crippen molar-refractivity contribution < 1.29 is 4.39 Å². The molecule has 0 N–H and O–H groups in total. The smallest absolute Gasteiger partial charge is 0.208 e. The SMILES string of the molecule is CC(c1cccnc1)N1CCN(c2nnc(Cc3ccc(F)cc3)s2)CC1. The van der Waals surface area contributed by atoms with Crippen molar-refractivity contribution in [2.75, 3.05) is 31.1 Å². The molecule has 140 valence electrons. The van der Waals surface area contributed by atoms with Gasteiger partial charge in [0.1, 0.15) is 10.8 Å². The molecule has 0 amide bonds. The van der Waals surface area contributed by atoms with Crippen molar-refractivity contribution in [1.82, 2.24) is 20.1 Å². The molecule has 1 aliphatic rings. The summed E-state index contributed by atoms with van der Waals surface area (Å²) in [6.07, 6.45) is 4.45. The molecule has 1 aromatic carbocycles. The van der Waals surface area contributed by atoms with Crippen LogP contribution in [0.5, 0.6) is 0 Å². The van der Waals surface area contributed by atoms with Crippen molar-refractivity contribution in [3.05, 3.63) is 70.7 Å². The van der Waals surface area contributed by atoms with E-state index in [4.69, 9.17) is 0 Å². The highest BCUT2D eigenvalue weighted by Crippen LogP contribution is 2.26. The number of hydrogen-bond donors (Lipinski definition) is 0. The maximum atomic E-state index is 13.0. The molecule has 0 radical (unpaired) electrons. The largest absolute Gasteiger partial charge is 0.344 e. The fourth-order valence-corrected chi connectivity index (χ4v) is 4.28. The van der Waals surface area contributed by atoms with Crippen LogP contribution in [0, 0.1) is 5.82 Å². The molecule has 27 heavy (non-hydrogen) atoms. The fraction of sp³-hybridized carbons (Fsp3) is 0.350. The lowest BCUT2D eigenvalue weighted by atomic mass is 10.1. The van der Waals surface area contributed by atoms with Crippen LogP contribution < -0.4 is 4.90 Å². The van der Waals surface area contributed by atoms with Crippen molar-refractivity contribution in [2.24, 2.45) is 0 Å². The second-order valence-corrected chi connectivity index (χ2v) is 7.81. The molecule has 2 aromatic heterocycles. The highest BCUT2D eigenvalue weighted by molar-refractivity contribution is 7.15. The third kappa shape index (κ3) is 4.31. The molecule has 0 spiro atoms. The number of halogens is 1. The van der Waals surface area contributed by atoms with E-state index in [1.807, 2.05) is 18.5 Å². The summed E-state index contributed by atoms with van der Waals surface area (Å²) in [5.41, 5.74) is 2.30. The second kappa shape index (κ2) is 8.10. The van der Waals surface area contributed by atoms with Crippen LogP contribution >= 0.6 is 11.3 Å². The lowest BCUT2D eigenvalue weighted by Crippen LogP contribution is -2.47. The summed E-state index contributed by atoms with van der Waals surface area (Å²) in [7, 11) is 0. The van der Waals surface area contributed by atoms with E-state index >= 15 is 0 Å². The number of hydrogen-bond acceptors (Lipinski definition) is 6. The van der Waals surface area contributed by atoms with Gasteiger partial charge in [0.15, 0.2) is 0 Å². The molecule has 1 unspecified atom stereocenters. The molecule has 1 atom stereocenters. The van der Waals surface area contributed by atoms with Crippen LogP contribution in [-0.4, -0.2) is 46.3 Å². The van der Waals surface area contributed by atoms with E-state index in [1.165, 1.54) is 17.7 Å². The van der Waals surface area contributed by atoms with Crippen LogP contribution in [0.3, 0.4) is 0 Å². The molecule has 1 saturated heterocycles. The van der Waals surface area contributed by atoms with Crippen molar-refractivity contribution in [1.29, 1.82) is 0 Å². The second-order valence-electron chi connectivity index (χ2n) is 6.77. The van der Waals surface area contributed by atoms with E-state index in [-0.39, 0.29) is 5.82 Å². The normalized spacial score (nSPS) is 16.4. The maximum absolute atomic E-state index is 13.0. The lowest BCUT2D eigenvalue weighted by Gasteiger charge is -2.37. The number of piperazine rings is 1. The van der Waals surface area contributed by atoms with E-state index in [1.54, 1.807) is 23.5 Å². The minimum atomic E-state index is -0.213. The first-order chi connectivity index (χ1) is 13.2. The lowest BCUT2D eigenvalue weighted by molar-refractivity contribution is 0.198. The molecule has 1 aliphatic heterocycles. The Morgan fingerprint density at radius 3 is 2.56 bits per heavy atom. The number of aromatic nitrogens is 3. The first kappa shape index (κ1) is 18.0. The highest BCUT2D eigenvalue weighted by atomic mass is 32.1. The Balaban J connectivity index is 1.34. The third-order valence-electron chi connectivity index (χ3n) is 5.02. The summed E-state index contributed by atoms with van der Waals surface area (Å²) in [6, 6.07) is 11.1. The van der Waals surface area contributed by atoms with Gasteiger partial charge in [-0.2, -0.15) is 0 Å². The topological polar surface area (TPSA) is 45.2 Å². The first-order valence-corrected chi connectivity index (χ1v) is 9.96. The zero-order chi connectivity index (χ0) is 18.6. The van der Waals surface area contributed by atoms with Crippen LogP contribution in [0.2, 0.25) is 0 Å². The maximum Gasteiger partial charge on any atom is 0.208 e. The molecule has 3 aromatic rings. The zero-order valence-corrected chi connectivity index (χ0v) is 16.1. The Hall–Kier alpha value is -2.38. The monoisotopic (exact) mass is 383 g/mol. The average Bonchev–Trinajstić information content (AvgIpc) is 3.18. The average molecular weight is 383 g/mol. The molecule has 4 rings (SSSR count). The first-order valence-electron chi connectivity index (χ1n) is 9.15. The summed E-state index contributed by atoms with van der Waals surface area (Å²) in [4.78, 5) is 9.01. The highest BCUT2D eigenvalue weighted by Gasteiger charge is 2.24. The molecule has 5 nitrogen and oxygen atoms in total. The van der Waals surface area contributed by atoms with E-state index in [2.05, 4.69) is 38.0 Å². The Labute approximate surface area is 162 Å². The predicted molar refractivity (Wildman–Crippen MR) is 106 cm³/mol. The van der Waals surface area contributed by atoms with Crippen molar-refractivity contribution >= 4 is 16.5 Å². The Morgan fingerprint density at radius 1 is 1.07 bits per heavy atom. The zero-order valence-electron chi connectivity index (χ0n) is 15.3. The minimum Gasteiger partial charge on any atom is -0.344 e. The molecular weight excluding hydrogens is 361 g/mol. The van der Waals surface area contributed by atoms with Crippen LogP contribution in [-0.2, 0) is 6.42 Å². The Morgan fingerprint density at radius 2 is 1.85 bits per heavy atom. The number of pyridine rings is 1. The summed E-state index contributed by atoms with van der Waals surface area (Å²) in [6.45, 7) is 6.09. The molecule has 7 heteroatoms. The van der Waals surface area contributed by atoms with Crippen LogP contribution in [0.15, 0.2) is 48.8 Å². The summed E-state index contributed by atoms with van der Waals surface area (Å²) >= 11 is 1.63. The molecule has 0 bridgehead atoms. The van der Waals surface area contributed by atoms with Gasteiger partial charge in [-0.05, 0) is 36.2 Å². The van der Waals surface area contributed by atoms with Crippen molar-refractivity contribution in [2.45, 2.75) is 19.4 Å². The Bertz CT molecular complexity index is 860. The van der Waals surface area contributed by atoms with Gasteiger partial charge in [0, 0.05) is 51.0 Å². The number of nitrogens with zero attached hydrogens (tertiary/aromatic N) is 5. The van der Waals surface area contributed by atoms with Crippen molar-refractivity contribution in [3.63, 3.8) is 0 Å². The predicted octanol–water partition coefficient (Wildman–Crippen LogP) is 3.55. The molecule has 0 aliphatic carbocycles. The van der Waals surface area contributed by atoms with E-state index < -0.39 is 0 Å². The fourth-order valence-electron chi connectivity index (χ4n) is 3.36. The van der Waals surface area contributed by atoms with Gasteiger partial charge in [0.2, 0.25) is 5.13 Å². The van der Waals surface area contributed by atoms with Crippen LogP contribution in [0.1, 0.15) is 29.1 Å². The van der Waals surface area contributed by atoms with Gasteiger partial charge < -0.3 is 4.90 Å². The molecule has 3 heterocycles. The van der Waals surface area contributed by atoms with E-state index in [0.29, 0.717) is 12.5 Å². The van der Waals surface area contributed by atoms with Gasteiger partial charge in [0.25, 0.3) is 0 Å². The van der Waals surface area contributed by atoms with E-state index in [9.17, 15) is 4.39 Å². The minimum absolute atomic E-state index is 0.213. The molecular formula is C20H22FN5S. The quantitative estimate of drug-likeness (QED) is 0.674. The van der Waals surface area contributed by atoms with E-state index in [0.717, 1.165) is 41.9 Å². The molecule has 1 fully saturated rings. The standard InChI is InChI=1S/C20H22FN5S/c1-15(17-3-2-8-22-14-17)25-9-11-26(12-10-25)20-24-23-19(27-20)13-16-4-6-18(21)7-5-16/h2-8,14-15H,9-13H2,1H3. The van der Waals surface area contributed by atoms with Crippen LogP contribution in [0.25, 0.3) is 0 Å². The summed E-state index contributed by atoms with van der Waals surface area (Å²) < 4.78 is 13.0. The van der Waals surface area contributed by atoms with Crippen molar-refractivity contribution in [3.8, 4) is 0 Å². The summed E-state index contributed by atoms with van der Waals surface area (Å²) in [5.74, 6) is -0.213. The Kier molecular flexibility index (Phi) is 5.40. The number of benzene rings is 1.